The third kappa shape index (κ3) is 3.78. The van der Waals surface area contributed by atoms with Crippen molar-refractivity contribution in [2.24, 2.45) is 0 Å². The van der Waals surface area contributed by atoms with E-state index < -0.39 is 0 Å². The highest BCUT2D eigenvalue weighted by Crippen LogP contribution is 2.26. The molecule has 1 aromatic carbocycles. The van der Waals surface area contributed by atoms with E-state index in [1.165, 1.54) is 17.6 Å². The van der Waals surface area contributed by atoms with Crippen LogP contribution >= 0.6 is 11.3 Å². The molecule has 1 amide bonds. The van der Waals surface area contributed by atoms with Gasteiger partial charge in [0.15, 0.2) is 10.9 Å². The molecule has 0 atom stereocenters. The summed E-state index contributed by atoms with van der Waals surface area (Å²) in [6.07, 6.45) is 2.44. The first-order valence-corrected chi connectivity index (χ1v) is 8.18. The minimum absolute atomic E-state index is 0.263. The van der Waals surface area contributed by atoms with Crippen LogP contribution in [-0.4, -0.2) is 17.5 Å². The zero-order valence-electron chi connectivity index (χ0n) is 12.6. The van der Waals surface area contributed by atoms with Gasteiger partial charge in [-0.25, -0.2) is 4.98 Å². The highest BCUT2D eigenvalue weighted by atomic mass is 32.1. The van der Waals surface area contributed by atoms with E-state index in [0.29, 0.717) is 11.7 Å². The number of ether oxygens (including phenoxy) is 1. The molecule has 0 aliphatic rings. The molecule has 1 N–H and O–H groups in total. The lowest BCUT2D eigenvalue weighted by Gasteiger charge is -2.04. The van der Waals surface area contributed by atoms with Crippen LogP contribution in [0.2, 0.25) is 0 Å². The molecule has 0 aliphatic carbocycles. The molecular formula is C17H16N2O3S. The molecule has 23 heavy (non-hydrogen) atoms. The fourth-order valence-corrected chi connectivity index (χ4v) is 2.69. The maximum absolute atomic E-state index is 11.9. The summed E-state index contributed by atoms with van der Waals surface area (Å²) < 4.78 is 10.6. The van der Waals surface area contributed by atoms with Crippen LogP contribution in [0.5, 0.6) is 5.75 Å². The number of hydrogen-bond acceptors (Lipinski definition) is 5. The second-order valence-corrected chi connectivity index (χ2v) is 5.70. The molecule has 0 aliphatic heterocycles. The molecule has 2 aromatic heterocycles. The van der Waals surface area contributed by atoms with Crippen LogP contribution in [0.3, 0.4) is 0 Å². The molecule has 0 saturated carbocycles. The summed E-state index contributed by atoms with van der Waals surface area (Å²) >= 11 is 1.37. The predicted molar refractivity (Wildman–Crippen MR) is 90.0 cm³/mol. The summed E-state index contributed by atoms with van der Waals surface area (Å²) in [5, 5.41) is 5.16. The topological polar surface area (TPSA) is 64.4 Å². The lowest BCUT2D eigenvalue weighted by Crippen LogP contribution is -2.10. The van der Waals surface area contributed by atoms with Crippen molar-refractivity contribution < 1.29 is 13.9 Å². The number of carbonyl (C=O) groups is 1. The Balaban J connectivity index is 1.68. The van der Waals surface area contributed by atoms with E-state index in [1.807, 2.05) is 29.6 Å². The lowest BCUT2D eigenvalue weighted by atomic mass is 10.2. The molecule has 3 rings (SSSR count). The molecule has 3 aromatic rings. The average Bonchev–Trinajstić information content (AvgIpc) is 3.25. The number of benzene rings is 1. The van der Waals surface area contributed by atoms with Crippen LogP contribution in [0.25, 0.3) is 11.3 Å². The fourth-order valence-electron chi connectivity index (χ4n) is 1.97. The van der Waals surface area contributed by atoms with Crippen LogP contribution in [-0.2, 0) is 0 Å². The van der Waals surface area contributed by atoms with Gasteiger partial charge >= 0.3 is 0 Å². The number of hydrogen-bond donors (Lipinski definition) is 1. The molecular weight excluding hydrogens is 312 g/mol. The maximum Gasteiger partial charge on any atom is 0.293 e. The number of rotatable bonds is 6. The first-order valence-electron chi connectivity index (χ1n) is 7.30. The third-order valence-corrected chi connectivity index (χ3v) is 3.85. The number of thiazole rings is 1. The van der Waals surface area contributed by atoms with Gasteiger partial charge < -0.3 is 9.15 Å². The number of anilines is 1. The van der Waals surface area contributed by atoms with E-state index in [-0.39, 0.29) is 11.7 Å². The highest BCUT2D eigenvalue weighted by Gasteiger charge is 2.12. The molecule has 6 heteroatoms. The molecule has 5 nitrogen and oxygen atoms in total. The standard InChI is InChI=1S/C17H16N2O3S/c1-2-9-21-13-7-5-12(6-8-13)14-11-23-17(18-14)19-16(20)15-4-3-10-22-15/h3-8,10-11H,2,9H2,1H3,(H,18,19,20). The second-order valence-electron chi connectivity index (χ2n) is 4.84. The van der Waals surface area contributed by atoms with Gasteiger partial charge in [-0.05, 0) is 42.8 Å². The van der Waals surface area contributed by atoms with Crippen LogP contribution in [0.15, 0.2) is 52.5 Å². The Labute approximate surface area is 137 Å². The normalized spacial score (nSPS) is 10.5. The van der Waals surface area contributed by atoms with Gasteiger partial charge in [-0.1, -0.05) is 6.92 Å². The molecule has 118 valence electrons. The summed E-state index contributed by atoms with van der Waals surface area (Å²) in [6.45, 7) is 2.78. The van der Waals surface area contributed by atoms with Crippen molar-refractivity contribution in [1.82, 2.24) is 4.98 Å². The van der Waals surface area contributed by atoms with Gasteiger partial charge in [0, 0.05) is 10.9 Å². The molecule has 0 radical (unpaired) electrons. The average molecular weight is 328 g/mol. The molecule has 0 bridgehead atoms. The summed E-state index contributed by atoms with van der Waals surface area (Å²) in [4.78, 5) is 16.3. The Morgan fingerprint density at radius 2 is 2.13 bits per heavy atom. The number of nitrogens with one attached hydrogen (secondary N) is 1. The smallest absolute Gasteiger partial charge is 0.293 e. The van der Waals surface area contributed by atoms with Crippen LogP contribution in [0, 0.1) is 0 Å². The van der Waals surface area contributed by atoms with Crippen LogP contribution in [0.1, 0.15) is 23.9 Å². The van der Waals surface area contributed by atoms with Crippen molar-refractivity contribution in [2.75, 3.05) is 11.9 Å². The molecule has 0 saturated heterocycles. The van der Waals surface area contributed by atoms with Gasteiger partial charge in [-0.3, -0.25) is 10.1 Å². The first-order chi connectivity index (χ1) is 11.3. The second kappa shape index (κ2) is 7.11. The van der Waals surface area contributed by atoms with Gasteiger partial charge in [-0.15, -0.1) is 11.3 Å². The number of aromatic nitrogens is 1. The van der Waals surface area contributed by atoms with Crippen molar-refractivity contribution in [2.45, 2.75) is 13.3 Å². The van der Waals surface area contributed by atoms with Crippen LogP contribution in [0.4, 0.5) is 5.13 Å². The van der Waals surface area contributed by atoms with E-state index in [0.717, 1.165) is 23.4 Å². The number of nitrogens with zero attached hydrogens (tertiary/aromatic N) is 1. The number of carbonyl (C=O) groups excluding carboxylic acids is 1. The number of furan rings is 1. The SMILES string of the molecule is CCCOc1ccc(-c2csc(NC(=O)c3ccco3)n2)cc1. The van der Waals surface area contributed by atoms with Gasteiger partial charge in [0.1, 0.15) is 5.75 Å². The van der Waals surface area contributed by atoms with Crippen molar-refractivity contribution in [3.63, 3.8) is 0 Å². The van der Waals surface area contributed by atoms with Gasteiger partial charge in [0.25, 0.3) is 5.91 Å². The maximum atomic E-state index is 11.9. The van der Waals surface area contributed by atoms with Crippen molar-refractivity contribution in [3.05, 3.63) is 53.8 Å². The van der Waals surface area contributed by atoms with E-state index in [9.17, 15) is 4.79 Å². The highest BCUT2D eigenvalue weighted by molar-refractivity contribution is 7.14. The molecule has 2 heterocycles. The Bertz CT molecular complexity index is 764. The van der Waals surface area contributed by atoms with E-state index in [1.54, 1.807) is 12.1 Å². The predicted octanol–water partition coefficient (Wildman–Crippen LogP) is 4.44. The Morgan fingerprint density at radius 3 is 2.83 bits per heavy atom. The van der Waals surface area contributed by atoms with Crippen LogP contribution < -0.4 is 10.1 Å². The minimum Gasteiger partial charge on any atom is -0.494 e. The Hall–Kier alpha value is -2.60. The summed E-state index contributed by atoms with van der Waals surface area (Å²) in [6, 6.07) is 11.0. The molecule has 0 fully saturated rings. The molecule has 0 unspecified atom stereocenters. The Morgan fingerprint density at radius 1 is 1.30 bits per heavy atom. The summed E-state index contributed by atoms with van der Waals surface area (Å²) in [5.74, 6) is 0.801. The minimum atomic E-state index is -0.306. The summed E-state index contributed by atoms with van der Waals surface area (Å²) in [5.41, 5.74) is 1.79. The van der Waals surface area contributed by atoms with E-state index >= 15 is 0 Å². The van der Waals surface area contributed by atoms with Crippen molar-refractivity contribution in [1.29, 1.82) is 0 Å². The monoisotopic (exact) mass is 328 g/mol. The molecule has 0 spiro atoms. The Kier molecular flexibility index (Phi) is 4.73. The van der Waals surface area contributed by atoms with E-state index in [2.05, 4.69) is 17.2 Å². The fraction of sp³-hybridized carbons (Fsp3) is 0.176. The van der Waals surface area contributed by atoms with Crippen molar-refractivity contribution in [3.8, 4) is 17.0 Å². The summed E-state index contributed by atoms with van der Waals surface area (Å²) in [7, 11) is 0. The zero-order chi connectivity index (χ0) is 16.1. The first kappa shape index (κ1) is 15.3. The quantitative estimate of drug-likeness (QED) is 0.726. The van der Waals surface area contributed by atoms with Gasteiger partial charge in [0.2, 0.25) is 0 Å². The van der Waals surface area contributed by atoms with Crippen molar-refractivity contribution >= 4 is 22.4 Å². The largest absolute Gasteiger partial charge is 0.494 e. The third-order valence-electron chi connectivity index (χ3n) is 3.09. The van der Waals surface area contributed by atoms with E-state index in [4.69, 9.17) is 9.15 Å². The van der Waals surface area contributed by atoms with Gasteiger partial charge in [-0.2, -0.15) is 0 Å². The number of amides is 1. The van der Waals surface area contributed by atoms with Gasteiger partial charge in [0.05, 0.1) is 18.6 Å². The lowest BCUT2D eigenvalue weighted by molar-refractivity contribution is 0.0996. The zero-order valence-corrected chi connectivity index (χ0v) is 13.4.